The van der Waals surface area contributed by atoms with E-state index in [1.165, 1.54) is 6.92 Å². The second-order valence-corrected chi connectivity index (χ2v) is 23.1. The van der Waals surface area contributed by atoms with E-state index in [2.05, 4.69) is 0 Å². The van der Waals surface area contributed by atoms with Crippen molar-refractivity contribution in [2.75, 3.05) is 0 Å². The summed E-state index contributed by atoms with van der Waals surface area (Å²) in [4.78, 5) is 0. The van der Waals surface area contributed by atoms with Crippen LogP contribution < -0.4 is 0 Å². The first kappa shape index (κ1) is 25.5. The van der Waals surface area contributed by atoms with E-state index in [1.807, 2.05) is 0 Å². The molecule has 0 aliphatic rings. The molecule has 0 radical (unpaired) electrons. The van der Waals surface area contributed by atoms with Crippen LogP contribution in [-0.2, 0) is 0 Å². The van der Waals surface area contributed by atoms with Crippen molar-refractivity contribution in [1.29, 1.82) is 0 Å². The smallest absolute Gasteiger partial charge is 0.136 e. The molecule has 0 amide bonds. The molecule has 2 heteroatoms. The van der Waals surface area contributed by atoms with Crippen molar-refractivity contribution in [3.05, 3.63) is 398 Å². The lowest BCUT2D eigenvalue weighted by Crippen LogP contribution is -1.91. The van der Waals surface area contributed by atoms with Crippen molar-refractivity contribution in [1.82, 2.24) is 0 Å². The molecule has 22 aromatic rings. The molecule has 0 saturated heterocycles. The third-order valence-electron chi connectivity index (χ3n) is 17.1. The topological polar surface area (TPSA) is 26.3 Å². The van der Waals surface area contributed by atoms with E-state index in [9.17, 15) is 13.7 Å². The number of hydrogen-bond acceptors (Lipinski definition) is 2. The molecule has 2 aromatic heterocycles. The Morgan fingerprint density at radius 1 is 0.178 bits per heavy atom. The second-order valence-electron chi connectivity index (χ2n) is 23.1. The number of para-hydroxylation sites is 1. The lowest BCUT2D eigenvalue weighted by atomic mass is 9.84. The molecule has 0 fully saturated rings. The molecule has 0 unspecified atom stereocenters. The molecular formula is C105H68O2. The van der Waals surface area contributed by atoms with Crippen molar-refractivity contribution in [3.8, 4) is 77.9 Å². The lowest BCUT2D eigenvalue weighted by Gasteiger charge is -2.19. The maximum absolute atomic E-state index is 9.86. The Morgan fingerprint density at radius 2 is 0.514 bits per heavy atom. The Morgan fingerprint density at radius 3 is 1.00 bits per heavy atom. The molecule has 500 valence electrons. The third-order valence-corrected chi connectivity index (χ3v) is 17.1. The molecule has 107 heavy (non-hydrogen) atoms. The fraction of sp³-hybridized carbons (Fsp3) is 0.00952. The van der Waals surface area contributed by atoms with Crippen molar-refractivity contribution >= 4 is 130 Å². The summed E-state index contributed by atoms with van der Waals surface area (Å²) in [5.74, 6) is 0. The normalized spacial score (nSPS) is 20.0. The standard InChI is InChI=1S/C37H24O.C36H24.C32H20O/c1-23-15-16-25-22-35-33(21-27(25)19-23)32-20-26(17-18-34(32)38-35)37-30-13-7-5-11-28(30)36(24-9-3-2-4-10-24)29-12-6-8-14-31(29)37;1-3-13-26(14-4-1)35-31-19-9-10-20-32(31)36(27-15-5-2-6-16-27)34-24-28(22-23-33(34)35)30-21-11-17-25-12-7-8-18-29(25)30;1-2-10-21(11-3-1)31-24-13-4-6-15-26(24)32(27-16-7-5-14-25(27)31)22-18-19-30-28(20-22)23-12-8-9-17-29(23)33-30/h2-22H,1H3;1-24H;1-20H/i2D,3D,4D,5D,6D,7D,8D,9D,10D,11D,12D,13D,14D,15D,16D,17D,18D,19D,20D,21D,22D;1D,3D,4D,5D,6D,7D,8D,9D,10D,11D,12D,13D,14D,15D,16D,17D,18D,19D,20D,21D,22D,23D,24D;1D,2D,3D,4D,5D,6D,7D,8D,9D,10D,11D,12D,13D,14D,15D,16D,17D,18D,19D,20D. The van der Waals surface area contributed by atoms with Gasteiger partial charge in [0.15, 0.2) is 0 Å². The van der Waals surface area contributed by atoms with Crippen LogP contribution in [0.5, 0.6) is 0 Å². The second kappa shape index (κ2) is 26.4. The molecule has 22 rings (SSSR count). The first-order valence-electron chi connectivity index (χ1n) is 63.6. The predicted molar refractivity (Wildman–Crippen MR) is 457 cm³/mol. The quantitative estimate of drug-likeness (QED) is 0.149. The number of benzene rings is 20. The molecule has 0 aliphatic heterocycles. The zero-order valence-corrected chi connectivity index (χ0v) is 53.9. The summed E-state index contributed by atoms with van der Waals surface area (Å²) in [6, 6.07) is -51.3. The van der Waals surface area contributed by atoms with Gasteiger partial charge in [-0.2, -0.15) is 0 Å². The summed E-state index contributed by atoms with van der Waals surface area (Å²) < 4.78 is 574. The number of hydrogen-bond donors (Lipinski definition) is 0. The van der Waals surface area contributed by atoms with Crippen LogP contribution in [0.1, 0.15) is 93.3 Å². The predicted octanol–water partition coefficient (Wildman–Crippen LogP) is 30.1. The zero-order valence-electron chi connectivity index (χ0n) is 118. The molecule has 2 heterocycles. The molecular weight excluding hydrogens is 1290 g/mol. The molecule has 0 aliphatic carbocycles. The average Bonchev–Trinajstić information content (AvgIpc) is 1.66. The van der Waals surface area contributed by atoms with Gasteiger partial charge in [0.1, 0.15) is 22.3 Å². The fourth-order valence-electron chi connectivity index (χ4n) is 12.7. The maximum atomic E-state index is 9.86. The van der Waals surface area contributed by atoms with E-state index >= 15 is 0 Å². The van der Waals surface area contributed by atoms with Gasteiger partial charge < -0.3 is 8.83 Å². The molecule has 2 nitrogen and oxygen atoms in total. The van der Waals surface area contributed by atoms with Gasteiger partial charge in [0.2, 0.25) is 0 Å². The van der Waals surface area contributed by atoms with Crippen LogP contribution in [0.3, 0.4) is 0 Å². The molecule has 0 bridgehead atoms. The van der Waals surface area contributed by atoms with Crippen LogP contribution in [0.15, 0.2) is 402 Å². The highest BCUT2D eigenvalue weighted by Crippen LogP contribution is 2.49. The number of rotatable bonds is 7. The minimum atomic E-state index is -1.01. The highest BCUT2D eigenvalue weighted by Gasteiger charge is 2.22. The average molecular weight is 1430 g/mol. The van der Waals surface area contributed by atoms with Gasteiger partial charge in [-0.25, -0.2) is 0 Å². The van der Waals surface area contributed by atoms with E-state index in [-0.39, 0.29) is 50.0 Å². The Hall–Kier alpha value is -13.9. The summed E-state index contributed by atoms with van der Waals surface area (Å²) in [7, 11) is 0. The van der Waals surface area contributed by atoms with Gasteiger partial charge in [0.05, 0.1) is 87.7 Å². The Kier molecular flexibility index (Phi) is 6.28. The Balaban J connectivity index is 0.000000151. The van der Waals surface area contributed by atoms with Crippen LogP contribution in [0.25, 0.3) is 208 Å². The highest BCUT2D eigenvalue weighted by atomic mass is 16.3. The third kappa shape index (κ3) is 11.0. The van der Waals surface area contributed by atoms with E-state index in [0.717, 1.165) is 6.07 Å². The SMILES string of the molecule is [2H]c1c([2H])c([2H])c(-c2c3c([2H])c([2H])c([2H])c([2H])c3c(-c3c([2H])c([2H])c4oc5c([2H])c([2H])c([2H])c([2H])c5c4c3[2H])c3c([2H])c([2H])c([2H])c([2H])c23)c([2H])c1[2H].[2H]c1c([2H])c([2H])c(-c2c3c([2H])c([2H])c([2H])c([2H])c3c(-c3c([2H])c([2H])c4oc5c([2H])c6c([2H])c([2H])c(C)c([2H])c6c([2H])c5c4c3[2H])c3c([2H])c([2H])c([2H])c([2H])c23)c([2H])c1[2H].[2H]c1cc([2H])c([2H])c(-c2c3c([2H])c([2H])c([2H])c([2H])c3c(-c3c([2H])c([2H])c([2H])c([2H])c3[2H])c3c([2H])c([2H])c(-c4c([2H])c([2H])c([2H])c5c([2H])c([2H])c([2H])c([2H])c45)c([2H])c23)c1[2H]. The molecule has 0 spiro atoms. The van der Waals surface area contributed by atoms with Crippen LogP contribution >= 0.6 is 0 Å². The van der Waals surface area contributed by atoms with Gasteiger partial charge in [-0.05, 0) is 219 Å². The van der Waals surface area contributed by atoms with E-state index in [4.69, 9.17) is 82.9 Å². The molecule has 20 aromatic carbocycles. The first-order valence-corrected chi connectivity index (χ1v) is 31.6. The molecule has 0 atom stereocenters. The van der Waals surface area contributed by atoms with Gasteiger partial charge in [-0.3, -0.25) is 0 Å². The minimum Gasteiger partial charge on any atom is -0.456 e. The Bertz CT molecular complexity index is 11100. The summed E-state index contributed by atoms with van der Waals surface area (Å²) in [6.07, 6.45) is 0. The summed E-state index contributed by atoms with van der Waals surface area (Å²) in [6.45, 7) is 1.39. The van der Waals surface area contributed by atoms with Crippen LogP contribution in [-0.4, -0.2) is 0 Å². The van der Waals surface area contributed by atoms with Crippen molar-refractivity contribution in [2.45, 2.75) is 6.92 Å². The van der Waals surface area contributed by atoms with Gasteiger partial charge in [0.25, 0.3) is 0 Å². The minimum absolute atomic E-state index is 0.0179. The summed E-state index contributed by atoms with van der Waals surface area (Å²) >= 11 is 0. The maximum Gasteiger partial charge on any atom is 0.136 e. The van der Waals surface area contributed by atoms with E-state index in [0.29, 0.717) is 0 Å². The van der Waals surface area contributed by atoms with Gasteiger partial charge in [0, 0.05) is 21.5 Å². The highest BCUT2D eigenvalue weighted by molar-refractivity contribution is 6.26. The van der Waals surface area contributed by atoms with Crippen LogP contribution in [0, 0.1) is 6.92 Å². The Labute approximate surface area is 709 Å². The lowest BCUT2D eigenvalue weighted by molar-refractivity contribution is 0.669. The van der Waals surface area contributed by atoms with Crippen LogP contribution in [0.4, 0.5) is 0 Å². The monoisotopic (exact) mass is 1420 g/mol. The fourth-order valence-corrected chi connectivity index (χ4v) is 12.7. The van der Waals surface area contributed by atoms with E-state index in [1.54, 1.807) is 0 Å². The molecule has 0 saturated carbocycles. The van der Waals surface area contributed by atoms with Gasteiger partial charge in [-0.15, -0.1) is 0 Å². The van der Waals surface area contributed by atoms with Crippen molar-refractivity contribution < 1.29 is 96.6 Å². The first-order chi connectivity index (χ1) is 79.6. The van der Waals surface area contributed by atoms with Crippen molar-refractivity contribution in [2.24, 2.45) is 0 Å². The van der Waals surface area contributed by atoms with Crippen LogP contribution in [0.2, 0.25) is 0 Å². The molecule has 0 N–H and O–H groups in total. The van der Waals surface area contributed by atoms with Gasteiger partial charge >= 0.3 is 0 Å². The largest absolute Gasteiger partial charge is 0.456 e. The van der Waals surface area contributed by atoms with Crippen molar-refractivity contribution in [3.63, 3.8) is 0 Å². The number of fused-ring (bicyclic) bond motifs is 14. The van der Waals surface area contributed by atoms with E-state index < -0.39 is 550 Å². The van der Waals surface area contributed by atoms with Gasteiger partial charge in [-0.1, -0.05) is 350 Å². The number of furan rings is 2. The summed E-state index contributed by atoms with van der Waals surface area (Å²) in [5.41, 5.74) is -10.9. The summed E-state index contributed by atoms with van der Waals surface area (Å²) in [5, 5.41) is -10.4. The zero-order chi connectivity index (χ0) is 127.